The topological polar surface area (TPSA) is 58.1 Å². The van der Waals surface area contributed by atoms with Gasteiger partial charge in [0.2, 0.25) is 0 Å². The summed E-state index contributed by atoms with van der Waals surface area (Å²) >= 11 is 0. The Labute approximate surface area is 117 Å². The molecule has 2 rings (SSSR count). The second-order valence-corrected chi connectivity index (χ2v) is 5.10. The maximum Gasteiger partial charge on any atom is 0.330 e. The van der Waals surface area contributed by atoms with Gasteiger partial charge in [-0.1, -0.05) is 30.3 Å². The van der Waals surface area contributed by atoms with Crippen LogP contribution in [-0.4, -0.2) is 16.6 Å². The van der Waals surface area contributed by atoms with Gasteiger partial charge in [-0.05, 0) is 19.4 Å². The molecule has 1 aromatic heterocycles. The molecular weight excluding hydrogens is 254 g/mol. The summed E-state index contributed by atoms with van der Waals surface area (Å²) in [7, 11) is 1.84. The van der Waals surface area contributed by atoms with Gasteiger partial charge in [0.1, 0.15) is 5.82 Å². The highest BCUT2D eigenvalue weighted by Gasteiger charge is 2.10. The summed E-state index contributed by atoms with van der Waals surface area (Å²) in [6, 6.07) is 11.2. The molecule has 0 atom stereocenters. The minimum Gasteiger partial charge on any atom is -0.357 e. The summed E-state index contributed by atoms with van der Waals surface area (Å²) in [5, 5.41) is 0. The summed E-state index contributed by atoms with van der Waals surface area (Å²) in [5.74, 6) is 0.528. The van der Waals surface area contributed by atoms with Gasteiger partial charge >= 0.3 is 5.69 Å². The van der Waals surface area contributed by atoms with E-state index in [1.807, 2.05) is 56.1 Å². The van der Waals surface area contributed by atoms with E-state index in [-0.39, 0.29) is 17.3 Å². The van der Waals surface area contributed by atoms with Gasteiger partial charge in [0.05, 0.1) is 0 Å². The van der Waals surface area contributed by atoms with Crippen LogP contribution in [0.2, 0.25) is 0 Å². The summed E-state index contributed by atoms with van der Waals surface area (Å²) in [4.78, 5) is 28.5. The van der Waals surface area contributed by atoms with Crippen LogP contribution < -0.4 is 16.1 Å². The van der Waals surface area contributed by atoms with Crippen LogP contribution in [0.15, 0.2) is 46.0 Å². The predicted molar refractivity (Wildman–Crippen MR) is 80.3 cm³/mol. The van der Waals surface area contributed by atoms with Crippen molar-refractivity contribution in [3.05, 3.63) is 62.8 Å². The van der Waals surface area contributed by atoms with Crippen molar-refractivity contribution in [2.75, 3.05) is 11.9 Å². The Morgan fingerprint density at radius 1 is 1.20 bits per heavy atom. The molecule has 1 aromatic carbocycles. The number of hydrogen-bond donors (Lipinski definition) is 1. The van der Waals surface area contributed by atoms with E-state index < -0.39 is 0 Å². The average Bonchev–Trinajstić information content (AvgIpc) is 2.38. The number of aromatic nitrogens is 2. The van der Waals surface area contributed by atoms with Gasteiger partial charge < -0.3 is 4.90 Å². The quantitative estimate of drug-likeness (QED) is 0.923. The van der Waals surface area contributed by atoms with Crippen molar-refractivity contribution in [3.63, 3.8) is 0 Å². The first-order valence-electron chi connectivity index (χ1n) is 6.60. The van der Waals surface area contributed by atoms with Gasteiger partial charge in [0.25, 0.3) is 5.56 Å². The molecule has 0 aliphatic carbocycles. The maximum atomic E-state index is 12.0. The number of anilines is 1. The second kappa shape index (κ2) is 5.77. The third kappa shape index (κ3) is 2.99. The van der Waals surface area contributed by atoms with Crippen molar-refractivity contribution >= 4 is 5.82 Å². The fourth-order valence-electron chi connectivity index (χ4n) is 2.13. The van der Waals surface area contributed by atoms with Crippen LogP contribution in [-0.2, 0) is 6.54 Å². The number of benzene rings is 1. The van der Waals surface area contributed by atoms with Crippen LogP contribution in [0.5, 0.6) is 0 Å². The number of aromatic amines is 1. The van der Waals surface area contributed by atoms with E-state index in [1.165, 1.54) is 10.6 Å². The van der Waals surface area contributed by atoms with Crippen molar-refractivity contribution in [2.24, 2.45) is 0 Å². The van der Waals surface area contributed by atoms with Crippen molar-refractivity contribution < 1.29 is 0 Å². The lowest BCUT2D eigenvalue weighted by molar-refractivity contribution is 0.545. The Morgan fingerprint density at radius 3 is 2.40 bits per heavy atom. The Morgan fingerprint density at radius 2 is 1.85 bits per heavy atom. The molecule has 20 heavy (non-hydrogen) atoms. The van der Waals surface area contributed by atoms with Gasteiger partial charge in [-0.15, -0.1) is 0 Å². The number of hydrogen-bond acceptors (Lipinski definition) is 3. The van der Waals surface area contributed by atoms with Crippen LogP contribution in [0.4, 0.5) is 5.82 Å². The van der Waals surface area contributed by atoms with E-state index in [4.69, 9.17) is 0 Å². The van der Waals surface area contributed by atoms with Gasteiger partial charge in [-0.3, -0.25) is 14.3 Å². The summed E-state index contributed by atoms with van der Waals surface area (Å²) < 4.78 is 1.21. The van der Waals surface area contributed by atoms with Crippen LogP contribution in [0, 0.1) is 0 Å². The van der Waals surface area contributed by atoms with E-state index in [9.17, 15) is 9.59 Å². The first kappa shape index (κ1) is 14.1. The normalized spacial score (nSPS) is 10.8. The molecule has 1 N–H and O–H groups in total. The fraction of sp³-hybridized carbons (Fsp3) is 0.333. The predicted octanol–water partition coefficient (Wildman–Crippen LogP) is 1.75. The number of rotatable bonds is 4. The Kier molecular flexibility index (Phi) is 4.08. The largest absolute Gasteiger partial charge is 0.357 e. The van der Waals surface area contributed by atoms with Crippen LogP contribution in [0.25, 0.3) is 0 Å². The summed E-state index contributed by atoms with van der Waals surface area (Å²) in [6.45, 7) is 4.25. The molecule has 5 nitrogen and oxygen atoms in total. The summed E-state index contributed by atoms with van der Waals surface area (Å²) in [6.07, 6.45) is 0. The monoisotopic (exact) mass is 273 g/mol. The lowest BCUT2D eigenvalue weighted by atomic mass is 10.2. The maximum absolute atomic E-state index is 12.0. The van der Waals surface area contributed by atoms with Crippen molar-refractivity contribution in [2.45, 2.75) is 26.4 Å². The van der Waals surface area contributed by atoms with Gasteiger partial charge in [-0.25, -0.2) is 4.79 Å². The van der Waals surface area contributed by atoms with Crippen LogP contribution in [0.3, 0.4) is 0 Å². The zero-order valence-electron chi connectivity index (χ0n) is 12.0. The molecule has 0 unspecified atom stereocenters. The van der Waals surface area contributed by atoms with E-state index in [0.717, 1.165) is 5.56 Å². The van der Waals surface area contributed by atoms with Crippen LogP contribution in [0.1, 0.15) is 25.5 Å². The molecular formula is C15H19N3O2. The Balaban J connectivity index is 2.30. The first-order chi connectivity index (χ1) is 9.49. The molecule has 0 fully saturated rings. The van der Waals surface area contributed by atoms with Crippen molar-refractivity contribution in [3.8, 4) is 0 Å². The molecule has 2 aromatic rings. The highest BCUT2D eigenvalue weighted by atomic mass is 16.2. The molecule has 1 heterocycles. The van der Waals surface area contributed by atoms with Crippen molar-refractivity contribution in [1.82, 2.24) is 9.55 Å². The lowest BCUT2D eigenvalue weighted by Gasteiger charge is -2.19. The first-order valence-corrected chi connectivity index (χ1v) is 6.60. The third-order valence-corrected chi connectivity index (χ3v) is 3.14. The molecule has 0 amide bonds. The average molecular weight is 273 g/mol. The third-order valence-electron chi connectivity index (χ3n) is 3.14. The van der Waals surface area contributed by atoms with Gasteiger partial charge in [0, 0.05) is 25.7 Å². The molecule has 0 saturated carbocycles. The summed E-state index contributed by atoms with van der Waals surface area (Å²) in [5.41, 5.74) is 0.463. The Bertz CT molecular complexity index is 655. The van der Waals surface area contributed by atoms with Gasteiger partial charge in [0.15, 0.2) is 0 Å². The molecule has 0 radical (unpaired) electrons. The second-order valence-electron chi connectivity index (χ2n) is 5.10. The fourth-order valence-corrected chi connectivity index (χ4v) is 2.13. The van der Waals surface area contributed by atoms with E-state index in [1.54, 1.807) is 0 Å². The molecule has 0 aliphatic heterocycles. The Hall–Kier alpha value is -2.30. The van der Waals surface area contributed by atoms with E-state index in [2.05, 4.69) is 4.98 Å². The van der Waals surface area contributed by atoms with Crippen molar-refractivity contribution in [1.29, 1.82) is 0 Å². The SMILES string of the molecule is CC(C)n1c(=O)cc(N(C)Cc2ccccc2)[nH]c1=O. The van der Waals surface area contributed by atoms with Gasteiger partial charge in [-0.2, -0.15) is 0 Å². The minimum atomic E-state index is -0.373. The zero-order valence-corrected chi connectivity index (χ0v) is 12.0. The lowest BCUT2D eigenvalue weighted by Crippen LogP contribution is -2.37. The molecule has 5 heteroatoms. The highest BCUT2D eigenvalue weighted by Crippen LogP contribution is 2.09. The molecule has 0 saturated heterocycles. The van der Waals surface area contributed by atoms with Crippen LogP contribution >= 0.6 is 0 Å². The van der Waals surface area contributed by atoms with E-state index in [0.29, 0.717) is 12.4 Å². The number of H-pyrrole nitrogens is 1. The number of nitrogens with zero attached hydrogens (tertiary/aromatic N) is 2. The smallest absolute Gasteiger partial charge is 0.330 e. The number of nitrogens with one attached hydrogen (secondary N) is 1. The zero-order chi connectivity index (χ0) is 14.7. The standard InChI is InChI=1S/C15H19N3O2/c1-11(2)18-14(19)9-13(16-15(18)20)17(3)10-12-7-5-4-6-8-12/h4-9,11H,10H2,1-3H3,(H,16,20). The minimum absolute atomic E-state index is 0.153. The molecule has 0 bridgehead atoms. The molecule has 0 spiro atoms. The molecule has 106 valence electrons. The highest BCUT2D eigenvalue weighted by molar-refractivity contribution is 5.37. The van der Waals surface area contributed by atoms with E-state index >= 15 is 0 Å². The molecule has 0 aliphatic rings.